The van der Waals surface area contributed by atoms with Crippen LogP contribution in [0.1, 0.15) is 29.8 Å². The molecule has 0 aromatic heterocycles. The second kappa shape index (κ2) is 10.6. The Kier molecular flexibility index (Phi) is 6.98. The lowest BCUT2D eigenvalue weighted by molar-refractivity contribution is -0.122. The number of anilines is 3. The quantitative estimate of drug-likeness (QED) is 0.145. The van der Waals surface area contributed by atoms with Gasteiger partial charge in [-0.25, -0.2) is 9.80 Å². The van der Waals surface area contributed by atoms with Crippen molar-refractivity contribution in [3.8, 4) is 28.4 Å². The zero-order valence-corrected chi connectivity index (χ0v) is 24.9. The molecule has 0 atom stereocenters. The molecule has 0 fully saturated rings. The molecule has 2 aliphatic rings. The molecule has 0 aliphatic carbocycles. The number of hydrazine groups is 1. The zero-order valence-electron chi connectivity index (χ0n) is 24.1. The van der Waals surface area contributed by atoms with E-state index in [4.69, 9.17) is 14.2 Å². The molecular formula is C33H31N3O5S. The Labute approximate surface area is 249 Å². The molecule has 0 radical (unpaired) electrons. The number of amides is 1. The number of methoxy groups -OCH3 is 2. The third-order valence-electron chi connectivity index (χ3n) is 7.58. The molecule has 4 aromatic rings. The Morgan fingerprint density at radius 3 is 2.38 bits per heavy atom. The predicted octanol–water partition coefficient (Wildman–Crippen LogP) is 6.78. The lowest BCUT2D eigenvalue weighted by atomic mass is 9.93. The Morgan fingerprint density at radius 2 is 1.62 bits per heavy atom. The molecule has 6 rings (SSSR count). The van der Waals surface area contributed by atoms with E-state index in [0.29, 0.717) is 29.4 Å². The van der Waals surface area contributed by atoms with Crippen LogP contribution in [0, 0.1) is 0 Å². The molecule has 0 saturated carbocycles. The van der Waals surface area contributed by atoms with Crippen LogP contribution in [0.15, 0.2) is 83.8 Å². The van der Waals surface area contributed by atoms with Gasteiger partial charge in [-0.1, -0.05) is 30.3 Å². The van der Waals surface area contributed by atoms with Gasteiger partial charge in [0.15, 0.2) is 0 Å². The van der Waals surface area contributed by atoms with Gasteiger partial charge in [0, 0.05) is 22.1 Å². The summed E-state index contributed by atoms with van der Waals surface area (Å²) in [6, 6.07) is 24.4. The highest BCUT2D eigenvalue weighted by atomic mass is 32.2. The van der Waals surface area contributed by atoms with Crippen molar-refractivity contribution >= 4 is 40.7 Å². The fourth-order valence-electron chi connectivity index (χ4n) is 5.57. The largest absolute Gasteiger partial charge is 0.496 e. The number of hydrogen-bond donors (Lipinski definition) is 1. The Morgan fingerprint density at radius 1 is 0.905 bits per heavy atom. The fraction of sp³-hybridized carbons (Fsp3) is 0.212. The van der Waals surface area contributed by atoms with Crippen molar-refractivity contribution in [2.75, 3.05) is 35.8 Å². The molecule has 1 N–H and O–H groups in total. The molecule has 8 nitrogen and oxygen atoms in total. The molecule has 214 valence electrons. The average molecular weight is 582 g/mol. The molecule has 4 aromatic carbocycles. The van der Waals surface area contributed by atoms with Gasteiger partial charge in [-0.05, 0) is 68.1 Å². The van der Waals surface area contributed by atoms with E-state index in [0.717, 1.165) is 38.6 Å². The van der Waals surface area contributed by atoms with Crippen molar-refractivity contribution in [2.24, 2.45) is 0 Å². The molecule has 0 bridgehead atoms. The van der Waals surface area contributed by atoms with Gasteiger partial charge in [-0.15, -0.1) is 11.8 Å². The number of para-hydroxylation sites is 2. The van der Waals surface area contributed by atoms with Gasteiger partial charge in [0.05, 0.1) is 37.7 Å². The number of nitrogens with one attached hydrogen (secondary N) is 1. The van der Waals surface area contributed by atoms with Gasteiger partial charge in [0.25, 0.3) is 5.91 Å². The van der Waals surface area contributed by atoms with E-state index in [-0.39, 0.29) is 5.91 Å². The van der Waals surface area contributed by atoms with Crippen molar-refractivity contribution in [2.45, 2.75) is 30.8 Å². The molecule has 0 saturated heterocycles. The standard InChI is InChI=1S/C33H31N3O5S/c1-33(2)32(38)36-30-24(19-35(36)26-11-7-8-12-27(26)39-3)21(16-17-25(30)34-33)22-15-14-20(18-28(22)40-4)41-31(37)23-10-6-9-13-29(23)42-5/h6-18,34H,19H2,1-5H3. The number of thioether (sulfide) groups is 1. The van der Waals surface area contributed by atoms with Gasteiger partial charge in [0.2, 0.25) is 0 Å². The van der Waals surface area contributed by atoms with Crippen LogP contribution < -0.4 is 29.5 Å². The number of carbonyl (C=O) groups is 2. The van der Waals surface area contributed by atoms with Crippen LogP contribution in [-0.4, -0.2) is 37.9 Å². The van der Waals surface area contributed by atoms with Crippen LogP contribution >= 0.6 is 11.8 Å². The number of rotatable bonds is 7. The van der Waals surface area contributed by atoms with Crippen molar-refractivity contribution < 1.29 is 23.8 Å². The molecule has 42 heavy (non-hydrogen) atoms. The Bertz CT molecular complexity index is 1720. The minimum atomic E-state index is -0.811. The van der Waals surface area contributed by atoms with Crippen LogP contribution in [0.25, 0.3) is 11.1 Å². The first kappa shape index (κ1) is 27.5. The Balaban J connectivity index is 1.42. The molecule has 0 spiro atoms. The number of hydrogen-bond acceptors (Lipinski definition) is 8. The summed E-state index contributed by atoms with van der Waals surface area (Å²) in [6.07, 6.45) is 1.92. The average Bonchev–Trinajstić information content (AvgIpc) is 3.41. The Hall–Kier alpha value is -4.63. The molecule has 2 aliphatic heterocycles. The second-order valence-corrected chi connectivity index (χ2v) is 11.4. The van der Waals surface area contributed by atoms with Gasteiger partial charge in [-0.2, -0.15) is 0 Å². The summed E-state index contributed by atoms with van der Waals surface area (Å²) in [5.74, 6) is 1.09. The van der Waals surface area contributed by atoms with Gasteiger partial charge in [0.1, 0.15) is 28.5 Å². The van der Waals surface area contributed by atoms with Crippen LogP contribution in [0.2, 0.25) is 0 Å². The molecular weight excluding hydrogens is 550 g/mol. The first-order valence-electron chi connectivity index (χ1n) is 13.5. The SMILES string of the molecule is COc1cc(OC(=O)c2ccccc2SC)ccc1-c1ccc2c3c1CN(c1ccccc1OC)N3C(=O)C(C)(C)N2. The lowest BCUT2D eigenvalue weighted by Gasteiger charge is -2.41. The predicted molar refractivity (Wildman–Crippen MR) is 166 cm³/mol. The van der Waals surface area contributed by atoms with E-state index in [9.17, 15) is 9.59 Å². The lowest BCUT2D eigenvalue weighted by Crippen LogP contribution is -2.57. The molecule has 2 heterocycles. The number of carbonyl (C=O) groups excluding carboxylic acids is 2. The summed E-state index contributed by atoms with van der Waals surface area (Å²) >= 11 is 1.49. The van der Waals surface area contributed by atoms with Crippen molar-refractivity contribution in [1.29, 1.82) is 0 Å². The summed E-state index contributed by atoms with van der Waals surface area (Å²) in [7, 11) is 3.22. The van der Waals surface area contributed by atoms with Crippen molar-refractivity contribution in [3.05, 3.63) is 90.0 Å². The van der Waals surface area contributed by atoms with Gasteiger partial charge >= 0.3 is 5.97 Å². The van der Waals surface area contributed by atoms with E-state index in [2.05, 4.69) is 5.32 Å². The van der Waals surface area contributed by atoms with Crippen LogP contribution in [0.4, 0.5) is 17.1 Å². The van der Waals surface area contributed by atoms with Crippen molar-refractivity contribution in [3.63, 3.8) is 0 Å². The van der Waals surface area contributed by atoms with Crippen LogP contribution in [-0.2, 0) is 11.3 Å². The number of nitrogens with zero attached hydrogens (tertiary/aromatic N) is 2. The summed E-state index contributed by atoms with van der Waals surface area (Å²) in [5.41, 5.74) is 4.85. The minimum Gasteiger partial charge on any atom is -0.496 e. The van der Waals surface area contributed by atoms with Gasteiger partial charge in [-0.3, -0.25) is 9.80 Å². The number of ether oxygens (including phenoxy) is 3. The molecule has 9 heteroatoms. The molecule has 0 unspecified atom stereocenters. The summed E-state index contributed by atoms with van der Waals surface area (Å²) < 4.78 is 17.2. The monoisotopic (exact) mass is 581 g/mol. The normalized spacial score (nSPS) is 14.7. The van der Waals surface area contributed by atoms with Crippen molar-refractivity contribution in [1.82, 2.24) is 0 Å². The van der Waals surface area contributed by atoms with E-state index >= 15 is 0 Å². The van der Waals surface area contributed by atoms with E-state index in [1.165, 1.54) is 11.8 Å². The van der Waals surface area contributed by atoms with Gasteiger partial charge < -0.3 is 19.5 Å². The smallest absolute Gasteiger partial charge is 0.344 e. The third-order valence-corrected chi connectivity index (χ3v) is 8.38. The highest BCUT2D eigenvalue weighted by Gasteiger charge is 2.47. The number of benzene rings is 4. The topological polar surface area (TPSA) is 80.3 Å². The van der Waals surface area contributed by atoms with E-state index in [1.807, 2.05) is 85.8 Å². The highest BCUT2D eigenvalue weighted by molar-refractivity contribution is 7.98. The fourth-order valence-corrected chi connectivity index (χ4v) is 6.15. The first-order chi connectivity index (χ1) is 20.3. The number of esters is 1. The zero-order chi connectivity index (χ0) is 29.6. The third kappa shape index (κ3) is 4.50. The summed E-state index contributed by atoms with van der Waals surface area (Å²) in [4.78, 5) is 27.7. The maximum absolute atomic E-state index is 13.8. The maximum Gasteiger partial charge on any atom is 0.344 e. The maximum atomic E-state index is 13.8. The van der Waals surface area contributed by atoms with Crippen LogP contribution in [0.5, 0.6) is 17.2 Å². The van der Waals surface area contributed by atoms with Crippen LogP contribution in [0.3, 0.4) is 0 Å². The van der Waals surface area contributed by atoms with E-state index < -0.39 is 11.5 Å². The highest BCUT2D eigenvalue weighted by Crippen LogP contribution is 2.51. The summed E-state index contributed by atoms with van der Waals surface area (Å²) in [5, 5.41) is 7.14. The molecule has 1 amide bonds. The summed E-state index contributed by atoms with van der Waals surface area (Å²) in [6.45, 7) is 4.20. The minimum absolute atomic E-state index is 0.0726. The first-order valence-corrected chi connectivity index (χ1v) is 14.7. The van der Waals surface area contributed by atoms with E-state index in [1.54, 1.807) is 37.4 Å². The second-order valence-electron chi connectivity index (χ2n) is 10.5.